The summed E-state index contributed by atoms with van der Waals surface area (Å²) in [5.74, 6) is -20.1. The molecule has 0 heterocycles. The highest BCUT2D eigenvalue weighted by Crippen LogP contribution is 2.54. The molecule has 0 radical (unpaired) electrons. The fraction of sp³-hybridized carbons (Fsp3) is 0.800. The third-order valence-electron chi connectivity index (χ3n) is 4.35. The van der Waals surface area contributed by atoms with Crippen molar-refractivity contribution in [1.29, 1.82) is 0 Å². The summed E-state index contributed by atoms with van der Waals surface area (Å²) in [5.41, 5.74) is 0. The predicted molar refractivity (Wildman–Crippen MR) is 74.3 cm³/mol. The second kappa shape index (κ2) is 7.67. The molecule has 1 fully saturated rings. The van der Waals surface area contributed by atoms with Gasteiger partial charge in [-0.05, 0) is 18.9 Å². The van der Waals surface area contributed by atoms with Gasteiger partial charge in [0.25, 0.3) is 0 Å². The highest BCUT2D eigenvalue weighted by Gasteiger charge is 2.81. The molecule has 0 N–H and O–H groups in total. The second-order valence-electron chi connectivity index (χ2n) is 6.13. The van der Waals surface area contributed by atoms with Gasteiger partial charge < -0.3 is 4.90 Å². The highest BCUT2D eigenvalue weighted by atomic mass is 19.4. The van der Waals surface area contributed by atoms with Crippen LogP contribution in [-0.4, -0.2) is 47.3 Å². The first-order valence-electron chi connectivity index (χ1n) is 7.82. The minimum absolute atomic E-state index is 0.389. The molecule has 0 aromatic carbocycles. The van der Waals surface area contributed by atoms with E-state index < -0.39 is 48.9 Å². The normalized spacial score (nSPS) is 17.9. The zero-order valence-electron chi connectivity index (χ0n) is 13.6. The van der Waals surface area contributed by atoms with E-state index in [1.807, 2.05) is 0 Å². The van der Waals surface area contributed by atoms with E-state index in [2.05, 4.69) is 6.58 Å². The summed E-state index contributed by atoms with van der Waals surface area (Å²) >= 11 is 0. The highest BCUT2D eigenvalue weighted by molar-refractivity contribution is 5.87. The van der Waals surface area contributed by atoms with Crippen LogP contribution in [0.15, 0.2) is 12.7 Å². The molecule has 1 amide bonds. The number of halogens is 9. The van der Waals surface area contributed by atoms with Crippen molar-refractivity contribution in [2.24, 2.45) is 0 Å². The van der Waals surface area contributed by atoms with E-state index in [4.69, 9.17) is 0 Å². The number of rotatable bonds is 7. The number of carbonyl (C=O) groups is 1. The molecule has 0 bridgehead atoms. The van der Waals surface area contributed by atoms with Gasteiger partial charge in [0.2, 0.25) is 5.91 Å². The van der Waals surface area contributed by atoms with Crippen LogP contribution in [0, 0.1) is 0 Å². The van der Waals surface area contributed by atoms with Crippen LogP contribution in [0.4, 0.5) is 39.5 Å². The van der Waals surface area contributed by atoms with Crippen molar-refractivity contribution in [1.82, 2.24) is 4.90 Å². The lowest BCUT2D eigenvalue weighted by molar-refractivity contribution is -0.396. The molecule has 26 heavy (non-hydrogen) atoms. The van der Waals surface area contributed by atoms with Crippen LogP contribution in [0.2, 0.25) is 0 Å². The largest absolute Gasteiger partial charge is 0.460 e. The van der Waals surface area contributed by atoms with Gasteiger partial charge in [-0.3, -0.25) is 4.79 Å². The van der Waals surface area contributed by atoms with Crippen molar-refractivity contribution in [3.05, 3.63) is 12.7 Å². The van der Waals surface area contributed by atoms with E-state index in [0.717, 1.165) is 17.4 Å². The Balaban J connectivity index is 2.98. The average Bonchev–Trinajstić information content (AvgIpc) is 2.54. The number of amides is 1. The van der Waals surface area contributed by atoms with Gasteiger partial charge in [0.05, 0.1) is 0 Å². The Labute approximate surface area is 144 Å². The van der Waals surface area contributed by atoms with Crippen LogP contribution < -0.4 is 0 Å². The van der Waals surface area contributed by atoms with E-state index in [9.17, 15) is 44.3 Å². The molecule has 0 saturated heterocycles. The SMILES string of the molecule is C=CC(=O)N(CCC(F)(F)C(F)(F)C(F)(F)C(F)(F)F)C1CCCCC1. The Bertz CT molecular complexity index is 510. The van der Waals surface area contributed by atoms with Crippen molar-refractivity contribution in [2.75, 3.05) is 6.54 Å². The fourth-order valence-corrected chi connectivity index (χ4v) is 2.81. The van der Waals surface area contributed by atoms with Crippen molar-refractivity contribution >= 4 is 5.91 Å². The molecule has 1 saturated carbocycles. The Hall–Kier alpha value is -1.42. The number of carbonyl (C=O) groups excluding carboxylic acids is 1. The Morgan fingerprint density at radius 2 is 1.42 bits per heavy atom. The first-order chi connectivity index (χ1) is 11.7. The minimum Gasteiger partial charge on any atom is -0.336 e. The number of alkyl halides is 9. The van der Waals surface area contributed by atoms with E-state index in [1.165, 1.54) is 0 Å². The van der Waals surface area contributed by atoms with Crippen molar-refractivity contribution in [3.63, 3.8) is 0 Å². The first-order valence-corrected chi connectivity index (χ1v) is 7.82. The summed E-state index contributed by atoms with van der Waals surface area (Å²) in [4.78, 5) is 12.6. The molecule has 11 heteroatoms. The first kappa shape index (κ1) is 22.6. The van der Waals surface area contributed by atoms with Crippen LogP contribution in [0.25, 0.3) is 0 Å². The van der Waals surface area contributed by atoms with Crippen LogP contribution in [0.5, 0.6) is 0 Å². The number of nitrogens with zero attached hydrogens (tertiary/aromatic N) is 1. The minimum atomic E-state index is -6.92. The Morgan fingerprint density at radius 1 is 0.923 bits per heavy atom. The van der Waals surface area contributed by atoms with Gasteiger partial charge >= 0.3 is 23.9 Å². The van der Waals surface area contributed by atoms with Crippen LogP contribution in [0.3, 0.4) is 0 Å². The summed E-state index contributed by atoms with van der Waals surface area (Å²) in [6.45, 7) is 2.05. The summed E-state index contributed by atoms with van der Waals surface area (Å²) in [6, 6.07) is -0.582. The van der Waals surface area contributed by atoms with E-state index in [1.54, 1.807) is 0 Å². The lowest BCUT2D eigenvalue weighted by Crippen LogP contribution is -2.61. The smallest absolute Gasteiger partial charge is 0.336 e. The summed E-state index contributed by atoms with van der Waals surface area (Å²) in [6.07, 6.45) is -5.26. The van der Waals surface area contributed by atoms with Gasteiger partial charge in [-0.2, -0.15) is 39.5 Å². The van der Waals surface area contributed by atoms with E-state index in [0.29, 0.717) is 25.7 Å². The summed E-state index contributed by atoms with van der Waals surface area (Å²) in [7, 11) is 0. The van der Waals surface area contributed by atoms with Gasteiger partial charge in [0.15, 0.2) is 0 Å². The molecule has 0 aromatic heterocycles. The molecule has 0 atom stereocenters. The Kier molecular flexibility index (Phi) is 6.68. The lowest BCUT2D eigenvalue weighted by Gasteiger charge is -2.37. The molecule has 0 aromatic rings. The third-order valence-corrected chi connectivity index (χ3v) is 4.35. The van der Waals surface area contributed by atoms with Gasteiger partial charge in [0, 0.05) is 19.0 Å². The summed E-state index contributed by atoms with van der Waals surface area (Å²) < 4.78 is 116. The maximum absolute atomic E-state index is 13.6. The topological polar surface area (TPSA) is 20.3 Å². The van der Waals surface area contributed by atoms with E-state index >= 15 is 0 Å². The van der Waals surface area contributed by atoms with Gasteiger partial charge in [-0.25, -0.2) is 0 Å². The molecule has 2 nitrogen and oxygen atoms in total. The molecule has 1 rings (SSSR count). The molecule has 0 aliphatic heterocycles. The number of hydrogen-bond donors (Lipinski definition) is 0. The fourth-order valence-electron chi connectivity index (χ4n) is 2.81. The average molecular weight is 399 g/mol. The van der Waals surface area contributed by atoms with Crippen molar-refractivity contribution < 1.29 is 44.3 Å². The monoisotopic (exact) mass is 399 g/mol. The maximum atomic E-state index is 13.6. The predicted octanol–water partition coefficient (Wildman–Crippen LogP) is 5.19. The van der Waals surface area contributed by atoms with Crippen molar-refractivity contribution in [2.45, 2.75) is 68.5 Å². The molecular formula is C15H18F9NO. The molecule has 152 valence electrons. The second-order valence-corrected chi connectivity index (χ2v) is 6.13. The van der Waals surface area contributed by atoms with Crippen LogP contribution in [-0.2, 0) is 4.79 Å². The molecule has 1 aliphatic carbocycles. The zero-order valence-corrected chi connectivity index (χ0v) is 13.6. The molecular weight excluding hydrogens is 381 g/mol. The van der Waals surface area contributed by atoms with Crippen LogP contribution in [0.1, 0.15) is 38.5 Å². The van der Waals surface area contributed by atoms with Gasteiger partial charge in [0.1, 0.15) is 0 Å². The Morgan fingerprint density at radius 3 is 1.85 bits per heavy atom. The van der Waals surface area contributed by atoms with Crippen molar-refractivity contribution in [3.8, 4) is 0 Å². The zero-order chi connectivity index (χ0) is 20.4. The molecule has 1 aliphatic rings. The standard InChI is InChI=1S/C15H18F9NO/c1-2-11(26)25(10-6-4-3-5-7-10)9-8-12(16,17)13(18,19)14(20,21)15(22,23)24/h2,10H,1,3-9H2. The third kappa shape index (κ3) is 4.28. The maximum Gasteiger partial charge on any atom is 0.460 e. The molecule has 0 unspecified atom stereocenters. The summed E-state index contributed by atoms with van der Waals surface area (Å²) in [5, 5.41) is 0. The lowest BCUT2D eigenvalue weighted by atomic mass is 9.93. The molecule has 0 spiro atoms. The quantitative estimate of drug-likeness (QED) is 0.426. The van der Waals surface area contributed by atoms with Crippen LogP contribution >= 0.6 is 0 Å². The van der Waals surface area contributed by atoms with Gasteiger partial charge in [-0.15, -0.1) is 0 Å². The van der Waals surface area contributed by atoms with Gasteiger partial charge in [-0.1, -0.05) is 25.8 Å². The van der Waals surface area contributed by atoms with E-state index in [-0.39, 0.29) is 0 Å². The number of hydrogen-bond acceptors (Lipinski definition) is 1.